The van der Waals surface area contributed by atoms with Crippen LogP contribution in [0.4, 0.5) is 0 Å². The second-order valence-electron chi connectivity index (χ2n) is 2.71. The Labute approximate surface area is 68.2 Å². The van der Waals surface area contributed by atoms with Crippen LogP contribution in [0.5, 0.6) is 0 Å². The molecule has 0 N–H and O–H groups in total. The molecule has 4 heteroatoms. The van der Waals surface area contributed by atoms with Gasteiger partial charge in [-0.2, -0.15) is 0 Å². The lowest BCUT2D eigenvalue weighted by Crippen LogP contribution is -2.15. The first-order valence-electron chi connectivity index (χ1n) is 3.37. The van der Waals surface area contributed by atoms with E-state index in [1.807, 2.05) is 0 Å². The van der Waals surface area contributed by atoms with Gasteiger partial charge in [0.15, 0.2) is 0 Å². The molecule has 1 rings (SSSR count). The summed E-state index contributed by atoms with van der Waals surface area (Å²) in [6, 6.07) is 0. The molecule has 1 fully saturated rings. The van der Waals surface area contributed by atoms with Crippen LogP contribution in [0.3, 0.4) is 0 Å². The van der Waals surface area contributed by atoms with Gasteiger partial charge in [0, 0.05) is 10.6 Å². The molecule has 0 aromatic heterocycles. The number of alkyl halides is 1. The van der Waals surface area contributed by atoms with Gasteiger partial charge < -0.3 is 4.55 Å². The Morgan fingerprint density at radius 1 is 1.60 bits per heavy atom. The van der Waals surface area contributed by atoms with Gasteiger partial charge in [-0.25, -0.2) is 0 Å². The quantitative estimate of drug-likeness (QED) is 0.486. The summed E-state index contributed by atoms with van der Waals surface area (Å²) in [5.74, 6) is 0.568. The van der Waals surface area contributed by atoms with E-state index in [9.17, 15) is 8.76 Å². The van der Waals surface area contributed by atoms with Crippen LogP contribution in [0.25, 0.3) is 0 Å². The fourth-order valence-corrected chi connectivity index (χ4v) is 1.91. The minimum absolute atomic E-state index is 0.366. The molecule has 1 aliphatic carbocycles. The van der Waals surface area contributed by atoms with Gasteiger partial charge in [-0.1, -0.05) is 0 Å². The van der Waals surface area contributed by atoms with Crippen molar-refractivity contribution in [2.45, 2.75) is 30.4 Å². The molecule has 0 aromatic carbocycles. The molecule has 1 saturated carbocycles. The van der Waals surface area contributed by atoms with E-state index in [0.717, 1.165) is 25.7 Å². The van der Waals surface area contributed by atoms with Crippen LogP contribution >= 0.6 is 11.6 Å². The van der Waals surface area contributed by atoms with E-state index in [4.69, 9.17) is 11.6 Å². The molecule has 0 heterocycles. The van der Waals surface area contributed by atoms with Crippen molar-refractivity contribution < 1.29 is 8.76 Å². The van der Waals surface area contributed by atoms with Crippen molar-refractivity contribution in [1.29, 1.82) is 0 Å². The molecule has 1 unspecified atom stereocenters. The predicted molar refractivity (Wildman–Crippen MR) is 40.8 cm³/mol. The van der Waals surface area contributed by atoms with Gasteiger partial charge in [-0.3, -0.25) is 4.21 Å². The summed E-state index contributed by atoms with van der Waals surface area (Å²) in [5.41, 5.74) is 0. The van der Waals surface area contributed by atoms with E-state index in [0.29, 0.717) is 5.88 Å². The summed E-state index contributed by atoms with van der Waals surface area (Å²) in [5, 5.41) is 0. The molecule has 0 bridgehead atoms. The summed E-state index contributed by atoms with van der Waals surface area (Å²) < 4.78 is 20.7. The first kappa shape index (κ1) is 8.50. The SMILES string of the molecule is O=S([O-])C1(CCCCl)CC1. The molecule has 0 aromatic rings. The highest BCUT2D eigenvalue weighted by Crippen LogP contribution is 2.44. The van der Waals surface area contributed by atoms with E-state index >= 15 is 0 Å². The molecular weight excluding hydrogens is 172 g/mol. The van der Waals surface area contributed by atoms with Crippen molar-refractivity contribution in [3.63, 3.8) is 0 Å². The molecule has 0 spiro atoms. The summed E-state index contributed by atoms with van der Waals surface area (Å²) >= 11 is 3.56. The van der Waals surface area contributed by atoms with Crippen molar-refractivity contribution in [3.8, 4) is 0 Å². The highest BCUT2D eigenvalue weighted by atomic mass is 35.5. The van der Waals surface area contributed by atoms with E-state index in [-0.39, 0.29) is 4.75 Å². The maximum Gasteiger partial charge on any atom is 0.0329 e. The monoisotopic (exact) mass is 181 g/mol. The Kier molecular flexibility index (Phi) is 2.72. The van der Waals surface area contributed by atoms with Gasteiger partial charge in [0.25, 0.3) is 0 Å². The molecule has 0 aliphatic heterocycles. The second kappa shape index (κ2) is 3.20. The first-order valence-corrected chi connectivity index (χ1v) is 4.97. The number of hydrogen-bond acceptors (Lipinski definition) is 2. The fourth-order valence-electron chi connectivity index (χ4n) is 1.03. The van der Waals surface area contributed by atoms with Gasteiger partial charge in [-0.15, -0.1) is 11.6 Å². The van der Waals surface area contributed by atoms with Crippen molar-refractivity contribution >= 4 is 22.7 Å². The summed E-state index contributed by atoms with van der Waals surface area (Å²) in [7, 11) is 0. The lowest BCUT2D eigenvalue weighted by molar-refractivity contribution is 0.511. The van der Waals surface area contributed by atoms with Crippen molar-refractivity contribution in [1.82, 2.24) is 0 Å². The minimum Gasteiger partial charge on any atom is -0.772 e. The van der Waals surface area contributed by atoms with Gasteiger partial charge in [0.2, 0.25) is 0 Å². The maximum atomic E-state index is 10.5. The van der Waals surface area contributed by atoms with Crippen molar-refractivity contribution in [2.75, 3.05) is 5.88 Å². The van der Waals surface area contributed by atoms with E-state index < -0.39 is 11.1 Å². The normalized spacial score (nSPS) is 24.2. The Hall–Kier alpha value is 0.400. The zero-order valence-corrected chi connectivity index (χ0v) is 7.21. The van der Waals surface area contributed by atoms with Crippen LogP contribution in [-0.2, 0) is 11.1 Å². The first-order chi connectivity index (χ1) is 4.71. The number of hydrogen-bond donors (Lipinski definition) is 0. The second-order valence-corrected chi connectivity index (χ2v) is 4.42. The third-order valence-corrected chi connectivity index (χ3v) is 3.51. The Morgan fingerprint density at radius 2 is 2.20 bits per heavy atom. The van der Waals surface area contributed by atoms with Crippen LogP contribution in [0.1, 0.15) is 25.7 Å². The zero-order chi connectivity index (χ0) is 7.61. The zero-order valence-electron chi connectivity index (χ0n) is 5.64. The topological polar surface area (TPSA) is 40.1 Å². The maximum absolute atomic E-state index is 10.5. The predicted octanol–water partition coefficient (Wildman–Crippen LogP) is 1.42. The minimum atomic E-state index is -1.87. The van der Waals surface area contributed by atoms with Gasteiger partial charge in [0.1, 0.15) is 0 Å². The summed E-state index contributed by atoms with van der Waals surface area (Å²) in [6.07, 6.45) is 3.22. The van der Waals surface area contributed by atoms with E-state index in [2.05, 4.69) is 0 Å². The van der Waals surface area contributed by atoms with Crippen LogP contribution < -0.4 is 0 Å². The standard InChI is InChI=1S/C6H11ClO2S/c7-5-1-2-6(3-4-6)10(8)9/h1-5H2,(H,8,9)/p-1. The fraction of sp³-hybridized carbons (Fsp3) is 1.00. The van der Waals surface area contributed by atoms with Gasteiger partial charge in [0.05, 0.1) is 0 Å². The third kappa shape index (κ3) is 1.71. The molecule has 60 valence electrons. The molecule has 0 saturated heterocycles. The average molecular weight is 182 g/mol. The van der Waals surface area contributed by atoms with Gasteiger partial charge in [-0.05, 0) is 36.8 Å². The Balaban J connectivity index is 2.31. The Bertz CT molecular complexity index is 145. The van der Waals surface area contributed by atoms with Crippen molar-refractivity contribution in [3.05, 3.63) is 0 Å². The molecule has 0 amide bonds. The van der Waals surface area contributed by atoms with Crippen LogP contribution in [0.2, 0.25) is 0 Å². The van der Waals surface area contributed by atoms with E-state index in [1.165, 1.54) is 0 Å². The number of rotatable bonds is 4. The van der Waals surface area contributed by atoms with Crippen LogP contribution in [0.15, 0.2) is 0 Å². The lowest BCUT2D eigenvalue weighted by atomic mass is 10.2. The highest BCUT2D eigenvalue weighted by Gasteiger charge is 2.43. The summed E-state index contributed by atoms with van der Waals surface area (Å²) in [6.45, 7) is 0. The molecular formula is C6H10ClO2S-. The summed E-state index contributed by atoms with van der Waals surface area (Å²) in [4.78, 5) is 0. The molecule has 10 heavy (non-hydrogen) atoms. The number of halogens is 1. The van der Waals surface area contributed by atoms with Gasteiger partial charge >= 0.3 is 0 Å². The van der Waals surface area contributed by atoms with E-state index in [1.54, 1.807) is 0 Å². The molecule has 1 aliphatic rings. The smallest absolute Gasteiger partial charge is 0.0329 e. The third-order valence-electron chi connectivity index (χ3n) is 1.93. The van der Waals surface area contributed by atoms with Crippen LogP contribution in [-0.4, -0.2) is 19.4 Å². The van der Waals surface area contributed by atoms with Crippen LogP contribution in [0, 0.1) is 0 Å². The Morgan fingerprint density at radius 3 is 2.50 bits per heavy atom. The molecule has 0 radical (unpaired) electrons. The molecule has 1 atom stereocenters. The highest BCUT2D eigenvalue weighted by molar-refractivity contribution is 7.81. The molecule has 2 nitrogen and oxygen atoms in total. The largest absolute Gasteiger partial charge is 0.772 e. The van der Waals surface area contributed by atoms with Crippen molar-refractivity contribution in [2.24, 2.45) is 0 Å². The average Bonchev–Trinajstić information content (AvgIpc) is 2.64. The lowest BCUT2D eigenvalue weighted by Gasteiger charge is -2.16.